The molecule has 1 spiro atoms. The van der Waals surface area contributed by atoms with E-state index in [-0.39, 0.29) is 23.5 Å². The molecule has 0 unspecified atom stereocenters. The van der Waals surface area contributed by atoms with Crippen LogP contribution in [-0.2, 0) is 19.1 Å². The van der Waals surface area contributed by atoms with Gasteiger partial charge in [0.1, 0.15) is 17.5 Å². The van der Waals surface area contributed by atoms with Gasteiger partial charge in [-0.15, -0.1) is 0 Å². The molecule has 8 heteroatoms. The van der Waals surface area contributed by atoms with Crippen molar-refractivity contribution in [1.82, 2.24) is 5.32 Å². The van der Waals surface area contributed by atoms with Crippen LogP contribution in [0.15, 0.2) is 60.7 Å². The molecule has 3 heterocycles. The Bertz CT molecular complexity index is 1260. The van der Waals surface area contributed by atoms with Gasteiger partial charge in [0.05, 0.1) is 23.6 Å². The third kappa shape index (κ3) is 3.46. The molecule has 0 aromatic heterocycles. The Morgan fingerprint density at radius 2 is 1.78 bits per heavy atom. The molecule has 2 aromatic rings. The standard InChI is InChI=1S/C28H28FN3O4/c1-16-10-12-18(13-11-16)30-25(33)22-21-14-15-28(36-21)23(22)27(35)32(20-9-5-4-8-19(20)29)24(28)26(34)31-17-6-2-3-7-17/h4-5,8-15,17,21-24H,2-3,6-7H2,1H3,(H,30,33)(H,31,34)/t21-,22-,23+,24-,28+/m1/s1. The molecule has 2 bridgehead atoms. The Hall–Kier alpha value is -3.52. The van der Waals surface area contributed by atoms with Gasteiger partial charge in [-0.3, -0.25) is 19.3 Å². The summed E-state index contributed by atoms with van der Waals surface area (Å²) in [6, 6.07) is 12.2. The largest absolute Gasteiger partial charge is 0.359 e. The van der Waals surface area contributed by atoms with E-state index in [1.807, 2.05) is 19.1 Å². The third-order valence-electron chi connectivity index (χ3n) is 7.96. The molecule has 1 saturated carbocycles. The van der Waals surface area contributed by atoms with E-state index in [1.165, 1.54) is 23.1 Å². The van der Waals surface area contributed by atoms with Crippen LogP contribution in [0.5, 0.6) is 0 Å². The maximum absolute atomic E-state index is 15.0. The van der Waals surface area contributed by atoms with Crippen LogP contribution in [0.3, 0.4) is 0 Å². The molecule has 36 heavy (non-hydrogen) atoms. The quantitative estimate of drug-likeness (QED) is 0.630. The normalized spacial score (nSPS) is 30.6. The average Bonchev–Trinajstić information content (AvgIpc) is 3.63. The Labute approximate surface area is 208 Å². The van der Waals surface area contributed by atoms with Gasteiger partial charge >= 0.3 is 0 Å². The molecule has 7 nitrogen and oxygen atoms in total. The van der Waals surface area contributed by atoms with E-state index in [0.717, 1.165) is 31.2 Å². The number of ether oxygens (including phenoxy) is 1. The number of hydrogen-bond acceptors (Lipinski definition) is 4. The number of para-hydroxylation sites is 1. The summed E-state index contributed by atoms with van der Waals surface area (Å²) in [6.07, 6.45) is 6.62. The highest BCUT2D eigenvalue weighted by Gasteiger charge is 2.73. The maximum atomic E-state index is 15.0. The zero-order chi connectivity index (χ0) is 25.0. The number of halogens is 1. The van der Waals surface area contributed by atoms with Gasteiger partial charge in [-0.25, -0.2) is 4.39 Å². The van der Waals surface area contributed by atoms with Crippen molar-refractivity contribution in [3.8, 4) is 0 Å². The van der Waals surface area contributed by atoms with Crippen LogP contribution >= 0.6 is 0 Å². The van der Waals surface area contributed by atoms with Crippen molar-refractivity contribution in [2.45, 2.75) is 56.4 Å². The lowest BCUT2D eigenvalue weighted by atomic mass is 9.74. The summed E-state index contributed by atoms with van der Waals surface area (Å²) < 4.78 is 21.3. The first-order chi connectivity index (χ1) is 17.4. The number of aryl methyl sites for hydroxylation is 1. The minimum Gasteiger partial charge on any atom is -0.359 e. The fourth-order valence-corrected chi connectivity index (χ4v) is 6.29. The average molecular weight is 490 g/mol. The van der Waals surface area contributed by atoms with Gasteiger partial charge in [0.15, 0.2) is 0 Å². The number of hydrogen-bond donors (Lipinski definition) is 2. The predicted molar refractivity (Wildman–Crippen MR) is 132 cm³/mol. The van der Waals surface area contributed by atoms with Gasteiger partial charge in [0.2, 0.25) is 17.7 Å². The van der Waals surface area contributed by atoms with Crippen molar-refractivity contribution < 1.29 is 23.5 Å². The minimum atomic E-state index is -1.35. The molecule has 186 valence electrons. The summed E-state index contributed by atoms with van der Waals surface area (Å²) in [4.78, 5) is 42.4. The second-order valence-corrected chi connectivity index (χ2v) is 10.2. The summed E-state index contributed by atoms with van der Waals surface area (Å²) in [7, 11) is 0. The molecule has 3 aliphatic heterocycles. The molecule has 0 radical (unpaired) electrons. The van der Waals surface area contributed by atoms with Crippen molar-refractivity contribution in [2.75, 3.05) is 10.2 Å². The third-order valence-corrected chi connectivity index (χ3v) is 7.96. The monoisotopic (exact) mass is 489 g/mol. The zero-order valence-corrected chi connectivity index (χ0v) is 19.9. The van der Waals surface area contributed by atoms with E-state index in [1.54, 1.807) is 30.4 Å². The number of rotatable bonds is 5. The number of benzene rings is 2. The Kier molecular flexibility index (Phi) is 5.44. The van der Waals surface area contributed by atoms with Crippen molar-refractivity contribution >= 4 is 29.1 Å². The number of nitrogens with zero attached hydrogens (tertiary/aromatic N) is 1. The Morgan fingerprint density at radius 3 is 2.50 bits per heavy atom. The molecule has 6 rings (SSSR count). The van der Waals surface area contributed by atoms with Gasteiger partial charge in [-0.1, -0.05) is 54.8 Å². The van der Waals surface area contributed by atoms with E-state index in [4.69, 9.17) is 4.74 Å². The molecule has 2 N–H and O–H groups in total. The Balaban J connectivity index is 1.38. The summed E-state index contributed by atoms with van der Waals surface area (Å²) in [5, 5.41) is 5.97. The molecule has 4 aliphatic rings. The maximum Gasteiger partial charge on any atom is 0.246 e. The van der Waals surface area contributed by atoms with Gasteiger partial charge in [-0.2, -0.15) is 0 Å². The van der Waals surface area contributed by atoms with Crippen LogP contribution in [0.25, 0.3) is 0 Å². The second kappa shape index (κ2) is 8.55. The molecule has 3 amide bonds. The van der Waals surface area contributed by atoms with Crippen LogP contribution in [-0.4, -0.2) is 41.5 Å². The number of amides is 3. The zero-order valence-electron chi connectivity index (χ0n) is 19.9. The first-order valence-electron chi connectivity index (χ1n) is 12.5. The topological polar surface area (TPSA) is 87.7 Å². The van der Waals surface area contributed by atoms with E-state index in [9.17, 15) is 18.8 Å². The van der Waals surface area contributed by atoms with Gasteiger partial charge in [0.25, 0.3) is 0 Å². The lowest BCUT2D eigenvalue weighted by Crippen LogP contribution is -2.56. The van der Waals surface area contributed by atoms with E-state index >= 15 is 0 Å². The molecule has 5 atom stereocenters. The summed E-state index contributed by atoms with van der Waals surface area (Å²) in [6.45, 7) is 1.95. The molecule has 2 aromatic carbocycles. The highest BCUT2D eigenvalue weighted by molar-refractivity contribution is 6.11. The first-order valence-corrected chi connectivity index (χ1v) is 12.5. The highest BCUT2D eigenvalue weighted by atomic mass is 19.1. The number of carbonyl (C=O) groups excluding carboxylic acids is 3. The number of nitrogens with one attached hydrogen (secondary N) is 2. The molecule has 3 fully saturated rings. The van der Waals surface area contributed by atoms with Crippen molar-refractivity contribution in [2.24, 2.45) is 11.8 Å². The number of anilines is 2. The minimum absolute atomic E-state index is 0.00809. The van der Waals surface area contributed by atoms with Crippen LogP contribution < -0.4 is 15.5 Å². The highest BCUT2D eigenvalue weighted by Crippen LogP contribution is 2.56. The van der Waals surface area contributed by atoms with Crippen molar-refractivity contribution in [3.05, 3.63) is 72.1 Å². The van der Waals surface area contributed by atoms with Crippen molar-refractivity contribution in [3.63, 3.8) is 0 Å². The number of carbonyl (C=O) groups is 3. The van der Waals surface area contributed by atoms with Crippen LogP contribution in [0.4, 0.5) is 15.8 Å². The Morgan fingerprint density at radius 1 is 1.06 bits per heavy atom. The van der Waals surface area contributed by atoms with Gasteiger partial charge in [0, 0.05) is 11.7 Å². The lowest BCUT2D eigenvalue weighted by Gasteiger charge is -2.33. The van der Waals surface area contributed by atoms with E-state index in [2.05, 4.69) is 10.6 Å². The van der Waals surface area contributed by atoms with E-state index in [0.29, 0.717) is 5.69 Å². The second-order valence-electron chi connectivity index (χ2n) is 10.2. The van der Waals surface area contributed by atoms with Gasteiger partial charge < -0.3 is 15.4 Å². The fraction of sp³-hybridized carbons (Fsp3) is 0.393. The summed E-state index contributed by atoms with van der Waals surface area (Å²) >= 11 is 0. The van der Waals surface area contributed by atoms with Crippen LogP contribution in [0, 0.1) is 24.6 Å². The summed E-state index contributed by atoms with van der Waals surface area (Å²) in [5.74, 6) is -3.63. The molecule has 1 aliphatic carbocycles. The lowest BCUT2D eigenvalue weighted by molar-refractivity contribution is -0.129. The van der Waals surface area contributed by atoms with E-state index < -0.39 is 41.3 Å². The van der Waals surface area contributed by atoms with Crippen LogP contribution in [0.2, 0.25) is 0 Å². The first kappa shape index (κ1) is 22.9. The molecule has 2 saturated heterocycles. The smallest absolute Gasteiger partial charge is 0.246 e. The fourth-order valence-electron chi connectivity index (χ4n) is 6.29. The number of fused-ring (bicyclic) bond motifs is 1. The van der Waals surface area contributed by atoms with Gasteiger partial charge in [-0.05, 0) is 44.0 Å². The predicted octanol–water partition coefficient (Wildman–Crippen LogP) is 3.49. The SMILES string of the molecule is Cc1ccc(NC(=O)[C@H]2[C@H]3C(=O)N(c4ccccc4F)[C@H](C(=O)NC4CCCC4)[C@]34C=C[C@H]2O4)cc1. The summed E-state index contributed by atoms with van der Waals surface area (Å²) in [5.41, 5.74) is 0.331. The molecular weight excluding hydrogens is 461 g/mol. The molecular formula is C28H28FN3O4. The van der Waals surface area contributed by atoms with Crippen LogP contribution in [0.1, 0.15) is 31.2 Å². The van der Waals surface area contributed by atoms with Crippen molar-refractivity contribution in [1.29, 1.82) is 0 Å².